The van der Waals surface area contributed by atoms with Crippen LogP contribution >= 0.6 is 11.6 Å². The lowest BCUT2D eigenvalue weighted by Gasteiger charge is -2.30. The van der Waals surface area contributed by atoms with Crippen LogP contribution in [0.3, 0.4) is 0 Å². The number of aryl methyl sites for hydroxylation is 1. The number of rotatable bonds is 3. The molecule has 2 heterocycles. The summed E-state index contributed by atoms with van der Waals surface area (Å²) < 4.78 is 5.25. The number of amides is 1. The number of fused-ring (bicyclic) bond motifs is 1. The van der Waals surface area contributed by atoms with Crippen LogP contribution < -0.4 is 4.74 Å². The summed E-state index contributed by atoms with van der Waals surface area (Å²) in [4.78, 5) is 24.1. The summed E-state index contributed by atoms with van der Waals surface area (Å²) in [5, 5.41) is 0.557. The molecule has 0 radical (unpaired) electrons. The molecule has 28 heavy (non-hydrogen) atoms. The van der Waals surface area contributed by atoms with Crippen LogP contribution in [0.15, 0.2) is 48.5 Å². The van der Waals surface area contributed by atoms with E-state index < -0.39 is 0 Å². The number of aromatic nitrogens is 2. The molecular weight excluding hydrogens is 374 g/mol. The molecule has 0 spiro atoms. The zero-order valence-corrected chi connectivity index (χ0v) is 16.5. The number of halogens is 1. The van der Waals surface area contributed by atoms with Crippen LogP contribution in [0.2, 0.25) is 5.02 Å². The van der Waals surface area contributed by atoms with Gasteiger partial charge in [-0.05, 0) is 49.4 Å². The molecule has 1 aliphatic rings. The second-order valence-corrected chi connectivity index (χ2v) is 7.20. The first-order valence-electron chi connectivity index (χ1n) is 9.11. The summed E-state index contributed by atoms with van der Waals surface area (Å²) in [6, 6.07) is 14.9. The van der Waals surface area contributed by atoms with Crippen LogP contribution in [-0.4, -0.2) is 34.4 Å². The molecule has 6 heteroatoms. The first-order chi connectivity index (χ1) is 13.5. The number of carbonyl (C=O) groups is 1. The summed E-state index contributed by atoms with van der Waals surface area (Å²) in [5.41, 5.74) is 4.45. The number of hydrogen-bond donors (Lipinski definition) is 0. The Balaban J connectivity index is 1.70. The monoisotopic (exact) mass is 393 g/mol. The molecule has 0 atom stereocenters. The minimum Gasteiger partial charge on any atom is -0.497 e. The molecule has 0 saturated heterocycles. The third-order valence-electron chi connectivity index (χ3n) is 4.89. The van der Waals surface area contributed by atoms with Gasteiger partial charge in [0, 0.05) is 41.2 Å². The Labute approximate surface area is 169 Å². The SMILES string of the molecule is COc1ccc(-c2nc(C)nc3c2CN(C(=O)c2cccc(Cl)c2)CC3)cc1. The van der Waals surface area contributed by atoms with Crippen molar-refractivity contribution in [3.05, 3.63) is 76.2 Å². The van der Waals surface area contributed by atoms with E-state index in [-0.39, 0.29) is 5.91 Å². The number of methoxy groups -OCH3 is 1. The molecule has 2 aromatic carbocycles. The Morgan fingerprint density at radius 2 is 1.93 bits per heavy atom. The van der Waals surface area contributed by atoms with Gasteiger partial charge in [0.05, 0.1) is 18.5 Å². The third kappa shape index (κ3) is 3.58. The predicted molar refractivity (Wildman–Crippen MR) is 109 cm³/mol. The third-order valence-corrected chi connectivity index (χ3v) is 5.13. The van der Waals surface area contributed by atoms with Crippen molar-refractivity contribution in [3.63, 3.8) is 0 Å². The van der Waals surface area contributed by atoms with Crippen LogP contribution in [0.5, 0.6) is 5.75 Å². The van der Waals surface area contributed by atoms with E-state index in [4.69, 9.17) is 16.3 Å². The lowest BCUT2D eigenvalue weighted by molar-refractivity contribution is 0.0733. The molecule has 1 amide bonds. The Morgan fingerprint density at radius 1 is 1.14 bits per heavy atom. The second-order valence-electron chi connectivity index (χ2n) is 6.76. The van der Waals surface area contributed by atoms with Gasteiger partial charge in [-0.1, -0.05) is 17.7 Å². The lowest BCUT2D eigenvalue weighted by atomic mass is 9.98. The Bertz CT molecular complexity index is 1030. The minimum absolute atomic E-state index is 0.0330. The number of nitrogens with zero attached hydrogens (tertiary/aromatic N) is 3. The average molecular weight is 394 g/mol. The van der Waals surface area contributed by atoms with Gasteiger partial charge in [0.2, 0.25) is 0 Å². The molecule has 0 unspecified atom stereocenters. The molecule has 0 saturated carbocycles. The van der Waals surface area contributed by atoms with Crippen LogP contribution in [0, 0.1) is 6.92 Å². The second kappa shape index (κ2) is 7.60. The Hall–Kier alpha value is -2.92. The van der Waals surface area contributed by atoms with E-state index in [0.29, 0.717) is 30.1 Å². The molecule has 5 nitrogen and oxygen atoms in total. The normalized spacial score (nSPS) is 13.2. The highest BCUT2D eigenvalue weighted by Crippen LogP contribution is 2.30. The van der Waals surface area contributed by atoms with Gasteiger partial charge in [0.15, 0.2) is 0 Å². The predicted octanol–water partition coefficient (Wildman–Crippen LogP) is 4.31. The fourth-order valence-corrected chi connectivity index (χ4v) is 3.69. The zero-order chi connectivity index (χ0) is 19.7. The summed E-state index contributed by atoms with van der Waals surface area (Å²) >= 11 is 6.06. The van der Waals surface area contributed by atoms with E-state index >= 15 is 0 Å². The number of benzene rings is 2. The van der Waals surface area contributed by atoms with Gasteiger partial charge in [0.25, 0.3) is 5.91 Å². The Kier molecular flexibility index (Phi) is 5.01. The maximum Gasteiger partial charge on any atom is 0.254 e. The van der Waals surface area contributed by atoms with Crippen molar-refractivity contribution in [1.29, 1.82) is 0 Å². The van der Waals surface area contributed by atoms with Gasteiger partial charge in [-0.3, -0.25) is 4.79 Å². The first-order valence-corrected chi connectivity index (χ1v) is 9.48. The highest BCUT2D eigenvalue weighted by Gasteiger charge is 2.26. The van der Waals surface area contributed by atoms with Crippen molar-refractivity contribution in [2.75, 3.05) is 13.7 Å². The zero-order valence-electron chi connectivity index (χ0n) is 15.8. The topological polar surface area (TPSA) is 55.3 Å². The van der Waals surface area contributed by atoms with Gasteiger partial charge in [0.1, 0.15) is 11.6 Å². The van der Waals surface area contributed by atoms with Crippen molar-refractivity contribution in [2.24, 2.45) is 0 Å². The van der Waals surface area contributed by atoms with E-state index in [9.17, 15) is 4.79 Å². The fraction of sp³-hybridized carbons (Fsp3) is 0.227. The quantitative estimate of drug-likeness (QED) is 0.665. The van der Waals surface area contributed by atoms with E-state index in [1.54, 1.807) is 31.4 Å². The molecule has 0 bridgehead atoms. The van der Waals surface area contributed by atoms with E-state index in [0.717, 1.165) is 34.1 Å². The van der Waals surface area contributed by atoms with Crippen molar-refractivity contribution < 1.29 is 9.53 Å². The van der Waals surface area contributed by atoms with Crippen LogP contribution in [-0.2, 0) is 13.0 Å². The standard InChI is InChI=1S/C22H20ClN3O2/c1-14-24-20-10-11-26(22(27)16-4-3-5-17(23)12-16)13-19(20)21(25-14)15-6-8-18(28-2)9-7-15/h3-9,12H,10-11,13H2,1-2H3. The van der Waals surface area contributed by atoms with Gasteiger partial charge in [-0.15, -0.1) is 0 Å². The van der Waals surface area contributed by atoms with Gasteiger partial charge in [-0.2, -0.15) is 0 Å². The summed E-state index contributed by atoms with van der Waals surface area (Å²) in [6.07, 6.45) is 0.703. The summed E-state index contributed by atoms with van der Waals surface area (Å²) in [5.74, 6) is 1.50. The molecule has 0 fully saturated rings. The molecule has 142 valence electrons. The van der Waals surface area contributed by atoms with E-state index in [1.807, 2.05) is 36.1 Å². The molecule has 1 aromatic heterocycles. The van der Waals surface area contributed by atoms with Crippen molar-refractivity contribution >= 4 is 17.5 Å². The molecule has 3 aromatic rings. The van der Waals surface area contributed by atoms with Gasteiger partial charge in [-0.25, -0.2) is 9.97 Å². The fourth-order valence-electron chi connectivity index (χ4n) is 3.50. The molecular formula is C22H20ClN3O2. The highest BCUT2D eigenvalue weighted by atomic mass is 35.5. The van der Waals surface area contributed by atoms with Crippen molar-refractivity contribution in [2.45, 2.75) is 19.9 Å². The molecule has 0 N–H and O–H groups in total. The number of carbonyl (C=O) groups excluding carboxylic acids is 1. The van der Waals surface area contributed by atoms with Crippen LogP contribution in [0.25, 0.3) is 11.3 Å². The highest BCUT2D eigenvalue weighted by molar-refractivity contribution is 6.30. The molecule has 1 aliphatic heterocycles. The lowest BCUT2D eigenvalue weighted by Crippen LogP contribution is -2.37. The number of hydrogen-bond acceptors (Lipinski definition) is 4. The first kappa shape index (κ1) is 18.4. The summed E-state index contributed by atoms with van der Waals surface area (Å²) in [7, 11) is 1.64. The number of ether oxygens (including phenoxy) is 1. The maximum atomic E-state index is 13.0. The van der Waals surface area contributed by atoms with Crippen LogP contribution in [0.4, 0.5) is 0 Å². The largest absolute Gasteiger partial charge is 0.497 e. The average Bonchev–Trinajstić information content (AvgIpc) is 2.72. The van der Waals surface area contributed by atoms with Crippen LogP contribution in [0.1, 0.15) is 27.4 Å². The minimum atomic E-state index is -0.0330. The van der Waals surface area contributed by atoms with Crippen molar-refractivity contribution in [3.8, 4) is 17.0 Å². The van der Waals surface area contributed by atoms with E-state index in [2.05, 4.69) is 9.97 Å². The van der Waals surface area contributed by atoms with Gasteiger partial charge < -0.3 is 9.64 Å². The molecule has 4 rings (SSSR count). The molecule has 0 aliphatic carbocycles. The summed E-state index contributed by atoms with van der Waals surface area (Å²) in [6.45, 7) is 3.00. The van der Waals surface area contributed by atoms with E-state index in [1.165, 1.54) is 0 Å². The smallest absolute Gasteiger partial charge is 0.254 e. The van der Waals surface area contributed by atoms with Crippen molar-refractivity contribution in [1.82, 2.24) is 14.9 Å². The Morgan fingerprint density at radius 3 is 2.64 bits per heavy atom. The maximum absolute atomic E-state index is 13.0. The van der Waals surface area contributed by atoms with Gasteiger partial charge >= 0.3 is 0 Å².